The van der Waals surface area contributed by atoms with Crippen LogP contribution in [0.2, 0.25) is 0 Å². The van der Waals surface area contributed by atoms with Gasteiger partial charge in [-0.15, -0.1) is 11.3 Å². The molecule has 1 aliphatic heterocycles. The van der Waals surface area contributed by atoms with Gasteiger partial charge in [0.05, 0.1) is 5.39 Å². The smallest absolute Gasteiger partial charge is 0.163 e. The van der Waals surface area contributed by atoms with Gasteiger partial charge in [-0.05, 0) is 39.2 Å². The van der Waals surface area contributed by atoms with Crippen LogP contribution in [-0.4, -0.2) is 28.6 Å². The molecule has 138 valence electrons. The second kappa shape index (κ2) is 6.59. The van der Waals surface area contributed by atoms with Gasteiger partial charge in [0.2, 0.25) is 0 Å². The van der Waals surface area contributed by atoms with E-state index < -0.39 is 0 Å². The number of nitrogens with two attached hydrogens (primary N) is 1. The van der Waals surface area contributed by atoms with Gasteiger partial charge in [-0.1, -0.05) is 29.8 Å². The second-order valence-corrected chi connectivity index (χ2v) is 8.73. The third-order valence-corrected chi connectivity index (χ3v) is 6.48. The van der Waals surface area contributed by atoms with E-state index in [0.29, 0.717) is 10.7 Å². The minimum absolute atomic E-state index is 0.121. The molecule has 0 radical (unpaired) electrons. The van der Waals surface area contributed by atoms with Gasteiger partial charge in [-0.2, -0.15) is 5.26 Å². The Morgan fingerprint density at radius 3 is 2.44 bits per heavy atom. The summed E-state index contributed by atoms with van der Waals surface area (Å²) in [6.45, 7) is 7.90. The minimum Gasteiger partial charge on any atom is -0.356 e. The van der Waals surface area contributed by atoms with Crippen LogP contribution in [0.25, 0.3) is 21.6 Å². The first-order valence-corrected chi connectivity index (χ1v) is 10.0. The number of anilines is 1. The third kappa shape index (κ3) is 3.29. The molecule has 2 aromatic heterocycles. The second-order valence-electron chi connectivity index (χ2n) is 7.73. The largest absolute Gasteiger partial charge is 0.356 e. The quantitative estimate of drug-likeness (QED) is 0.725. The van der Waals surface area contributed by atoms with Crippen LogP contribution in [0.15, 0.2) is 24.3 Å². The maximum atomic E-state index is 9.49. The monoisotopic (exact) mass is 377 g/mol. The SMILES string of the molecule is Cc1ccc(-c2nc(N3CCC(C)(N)CC3)c3c(C)c(C#N)sc3n2)cc1. The van der Waals surface area contributed by atoms with Gasteiger partial charge in [-0.3, -0.25) is 0 Å². The first kappa shape index (κ1) is 17.9. The summed E-state index contributed by atoms with van der Waals surface area (Å²) >= 11 is 1.45. The minimum atomic E-state index is -0.121. The highest BCUT2D eigenvalue weighted by Crippen LogP contribution is 2.38. The lowest BCUT2D eigenvalue weighted by Crippen LogP contribution is -2.48. The Morgan fingerprint density at radius 1 is 1.15 bits per heavy atom. The number of aromatic nitrogens is 2. The summed E-state index contributed by atoms with van der Waals surface area (Å²) in [4.78, 5) is 13.6. The number of fused-ring (bicyclic) bond motifs is 1. The maximum absolute atomic E-state index is 9.49. The Balaban J connectivity index is 1.88. The molecular formula is C21H23N5S. The first-order chi connectivity index (χ1) is 12.9. The number of rotatable bonds is 2. The lowest BCUT2D eigenvalue weighted by molar-refractivity contribution is 0.363. The Kier molecular flexibility index (Phi) is 4.37. The predicted octanol–water partition coefficient (Wildman–Crippen LogP) is 4.16. The lowest BCUT2D eigenvalue weighted by atomic mass is 9.91. The van der Waals surface area contributed by atoms with Gasteiger partial charge < -0.3 is 10.6 Å². The molecule has 0 unspecified atom stereocenters. The number of benzene rings is 1. The molecule has 3 heterocycles. The van der Waals surface area contributed by atoms with Gasteiger partial charge in [0.25, 0.3) is 0 Å². The highest BCUT2D eigenvalue weighted by Gasteiger charge is 2.29. The van der Waals surface area contributed by atoms with Crippen LogP contribution in [0.4, 0.5) is 5.82 Å². The van der Waals surface area contributed by atoms with E-state index in [9.17, 15) is 5.26 Å². The van der Waals surface area contributed by atoms with Crippen molar-refractivity contribution in [3.63, 3.8) is 0 Å². The fraction of sp³-hybridized carbons (Fsp3) is 0.381. The van der Waals surface area contributed by atoms with Crippen LogP contribution in [0.5, 0.6) is 0 Å². The molecule has 0 atom stereocenters. The maximum Gasteiger partial charge on any atom is 0.163 e. The van der Waals surface area contributed by atoms with E-state index in [0.717, 1.165) is 53.1 Å². The molecule has 1 aromatic carbocycles. The Morgan fingerprint density at radius 2 is 1.81 bits per heavy atom. The summed E-state index contributed by atoms with van der Waals surface area (Å²) in [5, 5.41) is 10.5. The van der Waals surface area contributed by atoms with Gasteiger partial charge in [-0.25, -0.2) is 9.97 Å². The van der Waals surface area contributed by atoms with Crippen molar-refractivity contribution >= 4 is 27.4 Å². The summed E-state index contributed by atoms with van der Waals surface area (Å²) < 4.78 is 0. The standard InChI is InChI=1S/C21H23N5S/c1-13-4-6-15(7-5-13)18-24-19(26-10-8-21(3,23)9-11-26)17-14(2)16(12-22)27-20(17)25-18/h4-7H,8-11,23H2,1-3H3. The molecule has 0 amide bonds. The zero-order chi connectivity index (χ0) is 19.2. The van der Waals surface area contributed by atoms with Gasteiger partial charge in [0.1, 0.15) is 21.6 Å². The van der Waals surface area contributed by atoms with Gasteiger partial charge in [0.15, 0.2) is 5.82 Å². The number of nitrogens with zero attached hydrogens (tertiary/aromatic N) is 4. The van der Waals surface area contributed by atoms with Crippen molar-refractivity contribution in [1.82, 2.24) is 9.97 Å². The van der Waals surface area contributed by atoms with E-state index in [1.807, 2.05) is 6.92 Å². The van der Waals surface area contributed by atoms with Crippen molar-refractivity contribution in [2.75, 3.05) is 18.0 Å². The molecule has 0 spiro atoms. The molecular weight excluding hydrogens is 354 g/mol. The Hall–Kier alpha value is -2.49. The summed E-state index contributed by atoms with van der Waals surface area (Å²) in [6, 6.07) is 10.6. The van der Waals surface area contributed by atoms with E-state index in [1.165, 1.54) is 16.9 Å². The molecule has 6 heteroatoms. The van der Waals surface area contributed by atoms with Gasteiger partial charge in [0, 0.05) is 24.2 Å². The number of nitriles is 1. The molecule has 2 N–H and O–H groups in total. The number of piperidine rings is 1. The molecule has 3 aromatic rings. The molecule has 1 aliphatic rings. The normalized spacial score (nSPS) is 16.5. The first-order valence-electron chi connectivity index (χ1n) is 9.20. The Labute approximate surface area is 163 Å². The number of hydrogen-bond acceptors (Lipinski definition) is 6. The van der Waals surface area contributed by atoms with Crippen LogP contribution < -0.4 is 10.6 Å². The number of thiophene rings is 1. The highest BCUT2D eigenvalue weighted by molar-refractivity contribution is 7.19. The fourth-order valence-electron chi connectivity index (χ4n) is 3.51. The van der Waals surface area contributed by atoms with E-state index in [-0.39, 0.29) is 5.54 Å². The zero-order valence-corrected chi connectivity index (χ0v) is 16.7. The molecule has 1 fully saturated rings. The average molecular weight is 378 g/mol. The molecule has 1 saturated heterocycles. The summed E-state index contributed by atoms with van der Waals surface area (Å²) in [7, 11) is 0. The van der Waals surface area contributed by atoms with Crippen molar-refractivity contribution in [3.05, 3.63) is 40.3 Å². The van der Waals surface area contributed by atoms with Crippen molar-refractivity contribution in [2.45, 2.75) is 39.2 Å². The fourth-order valence-corrected chi connectivity index (χ4v) is 4.49. The van der Waals surface area contributed by atoms with E-state index >= 15 is 0 Å². The number of aryl methyl sites for hydroxylation is 2. The van der Waals surface area contributed by atoms with Crippen LogP contribution in [0.1, 0.15) is 35.8 Å². The summed E-state index contributed by atoms with van der Waals surface area (Å²) in [6.07, 6.45) is 1.85. The molecule has 5 nitrogen and oxygen atoms in total. The summed E-state index contributed by atoms with van der Waals surface area (Å²) in [5.41, 5.74) is 9.38. The lowest BCUT2D eigenvalue weighted by Gasteiger charge is -2.37. The molecule has 27 heavy (non-hydrogen) atoms. The van der Waals surface area contributed by atoms with Crippen molar-refractivity contribution in [3.8, 4) is 17.5 Å². The molecule has 0 saturated carbocycles. The van der Waals surface area contributed by atoms with Crippen LogP contribution in [-0.2, 0) is 0 Å². The van der Waals surface area contributed by atoms with Crippen molar-refractivity contribution in [1.29, 1.82) is 5.26 Å². The van der Waals surface area contributed by atoms with Crippen molar-refractivity contribution < 1.29 is 0 Å². The molecule has 0 aliphatic carbocycles. The number of hydrogen-bond donors (Lipinski definition) is 1. The van der Waals surface area contributed by atoms with E-state index in [4.69, 9.17) is 15.7 Å². The van der Waals surface area contributed by atoms with Crippen molar-refractivity contribution in [2.24, 2.45) is 5.73 Å². The third-order valence-electron chi connectivity index (χ3n) is 5.39. The zero-order valence-electron chi connectivity index (χ0n) is 15.9. The predicted molar refractivity (Wildman–Crippen MR) is 111 cm³/mol. The van der Waals surface area contributed by atoms with Crippen LogP contribution >= 0.6 is 11.3 Å². The Bertz CT molecular complexity index is 1030. The van der Waals surface area contributed by atoms with Gasteiger partial charge >= 0.3 is 0 Å². The van der Waals surface area contributed by atoms with E-state index in [2.05, 4.69) is 49.1 Å². The van der Waals surface area contributed by atoms with E-state index in [1.54, 1.807) is 0 Å². The molecule has 0 bridgehead atoms. The topological polar surface area (TPSA) is 78.8 Å². The highest BCUT2D eigenvalue weighted by atomic mass is 32.1. The molecule has 4 rings (SSSR count). The van der Waals surface area contributed by atoms with Crippen LogP contribution in [0.3, 0.4) is 0 Å². The summed E-state index contributed by atoms with van der Waals surface area (Å²) in [5.74, 6) is 1.64. The average Bonchev–Trinajstić information content (AvgIpc) is 2.98. The van der Waals surface area contributed by atoms with Crippen LogP contribution in [0, 0.1) is 25.2 Å².